The molecule has 2 fully saturated rings. The largest absolute Gasteiger partial charge is 0.342 e. The van der Waals surface area contributed by atoms with Crippen molar-refractivity contribution in [2.75, 3.05) is 32.7 Å². The summed E-state index contributed by atoms with van der Waals surface area (Å²) in [5, 5.41) is 13.1. The SMILES string of the molecule is CCn1c(Cn2cncn2)nnc1C1CCN(C(=O)CN2CCCCCC2)CC1. The first kappa shape index (κ1) is 20.0. The Kier molecular flexibility index (Phi) is 6.53. The number of amides is 1. The van der Waals surface area contributed by atoms with Gasteiger partial charge in [0.1, 0.15) is 25.0 Å². The molecule has 0 spiro atoms. The van der Waals surface area contributed by atoms with Crippen LogP contribution >= 0.6 is 0 Å². The standard InChI is InChI=1S/C20H32N8O/c1-2-28-18(13-27-16-21-15-22-27)23-24-20(28)17-7-11-26(12-8-17)19(29)14-25-9-5-3-4-6-10-25/h15-17H,2-14H2,1H3. The van der Waals surface area contributed by atoms with Gasteiger partial charge in [-0.3, -0.25) is 9.69 Å². The number of carbonyl (C=O) groups is 1. The molecule has 9 heteroatoms. The van der Waals surface area contributed by atoms with Crippen molar-refractivity contribution in [3.05, 3.63) is 24.3 Å². The van der Waals surface area contributed by atoms with E-state index in [0.29, 0.717) is 19.0 Å². The van der Waals surface area contributed by atoms with Gasteiger partial charge in [-0.05, 0) is 45.7 Å². The minimum atomic E-state index is 0.286. The van der Waals surface area contributed by atoms with Crippen LogP contribution in [-0.2, 0) is 17.9 Å². The van der Waals surface area contributed by atoms with Crippen LogP contribution in [0.2, 0.25) is 0 Å². The fourth-order valence-corrected chi connectivity index (χ4v) is 4.54. The lowest BCUT2D eigenvalue weighted by atomic mass is 9.95. The topological polar surface area (TPSA) is 85.0 Å². The van der Waals surface area contributed by atoms with Crippen molar-refractivity contribution in [1.82, 2.24) is 39.3 Å². The van der Waals surface area contributed by atoms with Crippen molar-refractivity contribution in [3.63, 3.8) is 0 Å². The Labute approximate surface area is 172 Å². The van der Waals surface area contributed by atoms with Crippen LogP contribution < -0.4 is 0 Å². The Morgan fingerprint density at radius 2 is 1.83 bits per heavy atom. The minimum absolute atomic E-state index is 0.286. The number of hydrogen-bond acceptors (Lipinski definition) is 6. The third-order valence-corrected chi connectivity index (χ3v) is 6.21. The average Bonchev–Trinajstić information content (AvgIpc) is 3.33. The predicted octanol–water partition coefficient (Wildman–Crippen LogP) is 1.52. The summed E-state index contributed by atoms with van der Waals surface area (Å²) in [4.78, 5) is 21.1. The maximum atomic E-state index is 12.8. The third kappa shape index (κ3) is 4.83. The van der Waals surface area contributed by atoms with Gasteiger partial charge in [0.25, 0.3) is 0 Å². The highest BCUT2D eigenvalue weighted by molar-refractivity contribution is 5.78. The quantitative estimate of drug-likeness (QED) is 0.731. The maximum Gasteiger partial charge on any atom is 0.236 e. The van der Waals surface area contributed by atoms with Gasteiger partial charge >= 0.3 is 0 Å². The molecule has 4 rings (SSSR count). The minimum Gasteiger partial charge on any atom is -0.342 e. The molecule has 0 bridgehead atoms. The normalized spacial score (nSPS) is 19.4. The highest BCUT2D eigenvalue weighted by Crippen LogP contribution is 2.27. The van der Waals surface area contributed by atoms with E-state index in [2.05, 4.69) is 36.7 Å². The van der Waals surface area contributed by atoms with Crippen LogP contribution in [0.3, 0.4) is 0 Å². The second-order valence-corrected chi connectivity index (χ2v) is 8.16. The summed E-state index contributed by atoms with van der Waals surface area (Å²) in [5.74, 6) is 2.60. The molecule has 0 radical (unpaired) electrons. The van der Waals surface area contributed by atoms with Gasteiger partial charge in [0.15, 0.2) is 5.82 Å². The number of rotatable bonds is 6. The van der Waals surface area contributed by atoms with E-state index in [1.54, 1.807) is 11.0 Å². The zero-order chi connectivity index (χ0) is 20.1. The smallest absolute Gasteiger partial charge is 0.236 e. The van der Waals surface area contributed by atoms with E-state index in [1.165, 1.54) is 32.0 Å². The molecule has 0 atom stereocenters. The summed E-state index contributed by atoms with van der Waals surface area (Å²) in [6, 6.07) is 0. The number of nitrogens with zero attached hydrogens (tertiary/aromatic N) is 8. The summed E-state index contributed by atoms with van der Waals surface area (Å²) in [6.07, 6.45) is 10.2. The second kappa shape index (κ2) is 9.47. The van der Waals surface area contributed by atoms with E-state index in [1.807, 2.05) is 4.90 Å². The maximum absolute atomic E-state index is 12.8. The van der Waals surface area contributed by atoms with Crippen LogP contribution in [0, 0.1) is 0 Å². The zero-order valence-electron chi connectivity index (χ0n) is 17.4. The first-order valence-electron chi connectivity index (χ1n) is 11.0. The second-order valence-electron chi connectivity index (χ2n) is 8.16. The molecule has 2 aliphatic heterocycles. The number of piperidine rings is 1. The van der Waals surface area contributed by atoms with E-state index in [9.17, 15) is 4.79 Å². The van der Waals surface area contributed by atoms with Gasteiger partial charge in [0.05, 0.1) is 6.54 Å². The van der Waals surface area contributed by atoms with E-state index in [0.717, 1.165) is 57.2 Å². The van der Waals surface area contributed by atoms with E-state index < -0.39 is 0 Å². The third-order valence-electron chi connectivity index (χ3n) is 6.21. The van der Waals surface area contributed by atoms with E-state index in [4.69, 9.17) is 0 Å². The monoisotopic (exact) mass is 400 g/mol. The van der Waals surface area contributed by atoms with E-state index >= 15 is 0 Å². The molecule has 1 amide bonds. The van der Waals surface area contributed by atoms with Gasteiger partial charge in [-0.15, -0.1) is 10.2 Å². The van der Waals surface area contributed by atoms with E-state index in [-0.39, 0.29) is 5.91 Å². The fourth-order valence-electron chi connectivity index (χ4n) is 4.54. The molecule has 0 aromatic carbocycles. The van der Waals surface area contributed by atoms with Gasteiger partial charge in [0, 0.05) is 25.6 Å². The van der Waals surface area contributed by atoms with Gasteiger partial charge < -0.3 is 9.47 Å². The molecule has 0 unspecified atom stereocenters. The summed E-state index contributed by atoms with van der Waals surface area (Å²) in [6.45, 7) is 7.87. The van der Waals surface area contributed by atoms with Crippen LogP contribution in [0.5, 0.6) is 0 Å². The van der Waals surface area contributed by atoms with Crippen LogP contribution in [0.25, 0.3) is 0 Å². The number of hydrogen-bond donors (Lipinski definition) is 0. The summed E-state index contributed by atoms with van der Waals surface area (Å²) in [5.41, 5.74) is 0. The van der Waals surface area contributed by atoms with Crippen molar-refractivity contribution >= 4 is 5.91 Å². The van der Waals surface area contributed by atoms with Gasteiger partial charge in [-0.2, -0.15) is 5.10 Å². The predicted molar refractivity (Wildman–Crippen MR) is 108 cm³/mol. The average molecular weight is 401 g/mol. The first-order valence-corrected chi connectivity index (χ1v) is 11.0. The lowest BCUT2D eigenvalue weighted by Gasteiger charge is -2.33. The van der Waals surface area contributed by atoms with Crippen molar-refractivity contribution in [2.45, 2.75) is 64.5 Å². The summed E-state index contributed by atoms with van der Waals surface area (Å²) < 4.78 is 3.96. The van der Waals surface area contributed by atoms with Crippen LogP contribution in [0.1, 0.15) is 63.0 Å². The fraction of sp³-hybridized carbons (Fsp3) is 0.750. The lowest BCUT2D eigenvalue weighted by Crippen LogP contribution is -2.44. The molecule has 0 saturated carbocycles. The summed E-state index contributed by atoms with van der Waals surface area (Å²) in [7, 11) is 0. The van der Waals surface area contributed by atoms with Crippen LogP contribution in [-0.4, -0.2) is 78.0 Å². The van der Waals surface area contributed by atoms with Crippen molar-refractivity contribution in [2.24, 2.45) is 0 Å². The Hall–Kier alpha value is -2.29. The molecular formula is C20H32N8O. The molecule has 158 valence electrons. The zero-order valence-corrected chi connectivity index (χ0v) is 17.4. The summed E-state index contributed by atoms with van der Waals surface area (Å²) >= 11 is 0. The van der Waals surface area contributed by atoms with Gasteiger partial charge in [-0.25, -0.2) is 9.67 Å². The molecule has 0 N–H and O–H groups in total. The first-order chi connectivity index (χ1) is 14.2. The lowest BCUT2D eigenvalue weighted by molar-refractivity contribution is -0.133. The number of likely N-dealkylation sites (tertiary alicyclic amines) is 2. The Bertz CT molecular complexity index is 771. The molecule has 2 aliphatic rings. The molecule has 9 nitrogen and oxygen atoms in total. The van der Waals surface area contributed by atoms with Crippen LogP contribution in [0.15, 0.2) is 12.7 Å². The van der Waals surface area contributed by atoms with Gasteiger partial charge in [0.2, 0.25) is 5.91 Å². The molecular weight excluding hydrogens is 368 g/mol. The molecule has 2 saturated heterocycles. The Balaban J connectivity index is 1.33. The van der Waals surface area contributed by atoms with Crippen molar-refractivity contribution in [1.29, 1.82) is 0 Å². The molecule has 2 aromatic rings. The van der Waals surface area contributed by atoms with Gasteiger partial charge in [-0.1, -0.05) is 12.8 Å². The highest BCUT2D eigenvalue weighted by Gasteiger charge is 2.28. The number of carbonyl (C=O) groups excluding carboxylic acids is 1. The molecule has 4 heterocycles. The molecule has 2 aromatic heterocycles. The Morgan fingerprint density at radius 3 is 2.48 bits per heavy atom. The Morgan fingerprint density at radius 1 is 1.07 bits per heavy atom. The van der Waals surface area contributed by atoms with Crippen molar-refractivity contribution in [3.8, 4) is 0 Å². The van der Waals surface area contributed by atoms with Crippen LogP contribution in [0.4, 0.5) is 0 Å². The van der Waals surface area contributed by atoms with Crippen molar-refractivity contribution < 1.29 is 4.79 Å². The molecule has 0 aliphatic carbocycles. The highest BCUT2D eigenvalue weighted by atomic mass is 16.2. The number of aromatic nitrogens is 6. The molecule has 29 heavy (non-hydrogen) atoms.